The third-order valence-electron chi connectivity index (χ3n) is 6.18. The minimum atomic E-state index is -1.94. The minimum absolute atomic E-state index is 0.0113. The van der Waals surface area contributed by atoms with E-state index in [-0.39, 0.29) is 17.9 Å². The number of aromatic nitrogens is 2. The summed E-state index contributed by atoms with van der Waals surface area (Å²) in [5, 5.41) is 17.3. The van der Waals surface area contributed by atoms with Gasteiger partial charge in [-0.05, 0) is 24.1 Å². The summed E-state index contributed by atoms with van der Waals surface area (Å²) in [7, 11) is 0. The highest BCUT2D eigenvalue weighted by Crippen LogP contribution is 2.42. The lowest BCUT2D eigenvalue weighted by Gasteiger charge is -2.36. The van der Waals surface area contributed by atoms with E-state index in [4.69, 9.17) is 4.98 Å². The van der Waals surface area contributed by atoms with Crippen LogP contribution in [0.15, 0.2) is 53.3 Å². The van der Waals surface area contributed by atoms with Crippen LogP contribution in [0.5, 0.6) is 0 Å². The Morgan fingerprint density at radius 1 is 1.10 bits per heavy atom. The fraction of sp³-hybridized carbons (Fsp3) is 0.304. The lowest BCUT2D eigenvalue weighted by molar-refractivity contribution is -0.139. The normalized spacial score (nSPS) is 24.6. The summed E-state index contributed by atoms with van der Waals surface area (Å²) in [6.45, 7) is 3.87. The standard InChI is InChI=1S/C23H22N4O4/c1-12(2)18-19-24-15-9-5-3-7-13(15)21(29)27(19)17(20(28)26-18)11-23(31)14-8-4-6-10-16(14)25-22(23)30/h3-10,12,17-18,31H,11H2,1-2H3,(H,25,30)(H,26,28)/t17-,18-,23-/m1/s1. The largest absolute Gasteiger partial charge is 0.375 e. The van der Waals surface area contributed by atoms with Crippen LogP contribution in [0.25, 0.3) is 10.9 Å². The van der Waals surface area contributed by atoms with E-state index in [9.17, 15) is 19.5 Å². The Morgan fingerprint density at radius 3 is 2.58 bits per heavy atom. The first-order chi connectivity index (χ1) is 14.8. The maximum atomic E-state index is 13.5. The van der Waals surface area contributed by atoms with Crippen molar-refractivity contribution in [3.05, 3.63) is 70.3 Å². The third kappa shape index (κ3) is 2.79. The molecular weight excluding hydrogens is 396 g/mol. The first-order valence-corrected chi connectivity index (χ1v) is 10.3. The van der Waals surface area contributed by atoms with Crippen LogP contribution in [0.1, 0.15) is 43.7 Å². The molecule has 0 unspecified atom stereocenters. The zero-order valence-corrected chi connectivity index (χ0v) is 17.1. The third-order valence-corrected chi connectivity index (χ3v) is 6.18. The topological polar surface area (TPSA) is 113 Å². The molecule has 2 aromatic carbocycles. The Morgan fingerprint density at radius 2 is 1.81 bits per heavy atom. The Balaban J connectivity index is 1.70. The van der Waals surface area contributed by atoms with Gasteiger partial charge in [0.2, 0.25) is 5.91 Å². The van der Waals surface area contributed by atoms with Gasteiger partial charge in [-0.15, -0.1) is 0 Å². The first-order valence-electron chi connectivity index (χ1n) is 10.3. The Bertz CT molecular complexity index is 1300. The molecule has 158 valence electrons. The van der Waals surface area contributed by atoms with E-state index < -0.39 is 29.5 Å². The zero-order chi connectivity index (χ0) is 21.9. The maximum absolute atomic E-state index is 13.5. The molecule has 0 bridgehead atoms. The van der Waals surface area contributed by atoms with Gasteiger partial charge in [0.05, 0.1) is 16.9 Å². The molecule has 2 amide bonds. The average molecular weight is 418 g/mol. The summed E-state index contributed by atoms with van der Waals surface area (Å²) < 4.78 is 1.36. The number of carbonyl (C=O) groups is 2. The molecule has 0 radical (unpaired) electrons. The van der Waals surface area contributed by atoms with Crippen molar-refractivity contribution in [1.82, 2.24) is 14.9 Å². The number of anilines is 1. The molecule has 0 saturated heterocycles. The lowest BCUT2D eigenvalue weighted by Crippen LogP contribution is -2.51. The summed E-state index contributed by atoms with van der Waals surface area (Å²) in [6.07, 6.45) is -0.278. The number of aliphatic hydroxyl groups is 1. The number of nitrogens with zero attached hydrogens (tertiary/aromatic N) is 2. The second-order valence-electron chi connectivity index (χ2n) is 8.47. The van der Waals surface area contributed by atoms with Gasteiger partial charge in [-0.1, -0.05) is 44.2 Å². The van der Waals surface area contributed by atoms with Crippen LogP contribution in [0, 0.1) is 5.92 Å². The fourth-order valence-electron chi connectivity index (χ4n) is 4.55. The summed E-state index contributed by atoms with van der Waals surface area (Å²) in [4.78, 5) is 44.0. The first kappa shape index (κ1) is 19.4. The number of amides is 2. The van der Waals surface area contributed by atoms with Crippen molar-refractivity contribution >= 4 is 28.4 Å². The minimum Gasteiger partial charge on any atom is -0.375 e. The molecule has 0 saturated carbocycles. The molecule has 3 atom stereocenters. The molecule has 2 aliphatic heterocycles. The van der Waals surface area contributed by atoms with E-state index in [1.54, 1.807) is 48.5 Å². The second kappa shape index (κ2) is 6.75. The Kier molecular flexibility index (Phi) is 4.23. The van der Waals surface area contributed by atoms with Gasteiger partial charge in [-0.25, -0.2) is 4.98 Å². The maximum Gasteiger partial charge on any atom is 0.262 e. The van der Waals surface area contributed by atoms with Crippen molar-refractivity contribution in [3.63, 3.8) is 0 Å². The van der Waals surface area contributed by atoms with Gasteiger partial charge in [0.25, 0.3) is 11.5 Å². The van der Waals surface area contributed by atoms with Gasteiger partial charge < -0.3 is 15.7 Å². The highest BCUT2D eigenvalue weighted by molar-refractivity contribution is 6.05. The van der Waals surface area contributed by atoms with Crippen LogP contribution in [0.2, 0.25) is 0 Å². The van der Waals surface area contributed by atoms with E-state index >= 15 is 0 Å². The highest BCUT2D eigenvalue weighted by Gasteiger charge is 2.50. The molecule has 1 aromatic heterocycles. The number of para-hydroxylation sites is 2. The number of hydrogen-bond donors (Lipinski definition) is 3. The molecule has 3 aromatic rings. The van der Waals surface area contributed by atoms with Crippen LogP contribution < -0.4 is 16.2 Å². The summed E-state index contributed by atoms with van der Waals surface area (Å²) >= 11 is 0. The zero-order valence-electron chi connectivity index (χ0n) is 17.1. The molecule has 8 nitrogen and oxygen atoms in total. The van der Waals surface area contributed by atoms with E-state index in [1.165, 1.54) is 4.57 Å². The average Bonchev–Trinajstić information content (AvgIpc) is 3.00. The highest BCUT2D eigenvalue weighted by atomic mass is 16.3. The van der Waals surface area contributed by atoms with Gasteiger partial charge in [0, 0.05) is 17.7 Å². The molecule has 5 rings (SSSR count). The number of carbonyl (C=O) groups excluding carboxylic acids is 2. The monoisotopic (exact) mass is 418 g/mol. The van der Waals surface area contributed by atoms with Gasteiger partial charge in [-0.3, -0.25) is 19.0 Å². The van der Waals surface area contributed by atoms with Gasteiger partial charge in [-0.2, -0.15) is 0 Å². The molecule has 3 heterocycles. The molecule has 31 heavy (non-hydrogen) atoms. The van der Waals surface area contributed by atoms with Gasteiger partial charge >= 0.3 is 0 Å². The fourth-order valence-corrected chi connectivity index (χ4v) is 4.55. The van der Waals surface area contributed by atoms with Gasteiger partial charge in [0.1, 0.15) is 11.9 Å². The summed E-state index contributed by atoms with van der Waals surface area (Å²) in [5.74, 6) is -0.617. The number of nitrogens with one attached hydrogen (secondary N) is 2. The molecular formula is C23H22N4O4. The van der Waals surface area contributed by atoms with Crippen molar-refractivity contribution in [3.8, 4) is 0 Å². The molecule has 0 fully saturated rings. The van der Waals surface area contributed by atoms with Crippen LogP contribution >= 0.6 is 0 Å². The number of hydrogen-bond acceptors (Lipinski definition) is 5. The van der Waals surface area contributed by atoms with Crippen molar-refractivity contribution < 1.29 is 14.7 Å². The molecule has 0 spiro atoms. The van der Waals surface area contributed by atoms with Crippen LogP contribution in [-0.4, -0.2) is 26.5 Å². The second-order valence-corrected chi connectivity index (χ2v) is 8.47. The quantitative estimate of drug-likeness (QED) is 0.602. The Hall–Kier alpha value is -3.52. The molecule has 2 aliphatic rings. The Labute approximate surface area is 177 Å². The van der Waals surface area contributed by atoms with Crippen LogP contribution in [0.3, 0.4) is 0 Å². The number of benzene rings is 2. The summed E-state index contributed by atoms with van der Waals surface area (Å²) in [5.41, 5.74) is -0.869. The van der Waals surface area contributed by atoms with Crippen molar-refractivity contribution in [2.24, 2.45) is 5.92 Å². The van der Waals surface area contributed by atoms with Gasteiger partial charge in [0.15, 0.2) is 5.60 Å². The SMILES string of the molecule is CC(C)[C@H]1NC(=O)[C@@H](C[C@]2(O)C(=O)Nc3ccccc32)n2c1nc1ccccc1c2=O. The van der Waals surface area contributed by atoms with Crippen molar-refractivity contribution in [1.29, 1.82) is 0 Å². The predicted octanol–water partition coefficient (Wildman–Crippen LogP) is 1.99. The van der Waals surface area contributed by atoms with Crippen LogP contribution in [-0.2, 0) is 15.2 Å². The van der Waals surface area contributed by atoms with E-state index in [2.05, 4.69) is 10.6 Å². The smallest absolute Gasteiger partial charge is 0.262 e. The van der Waals surface area contributed by atoms with Crippen molar-refractivity contribution in [2.75, 3.05) is 5.32 Å². The molecule has 8 heteroatoms. The van der Waals surface area contributed by atoms with E-state index in [0.29, 0.717) is 28.0 Å². The molecule has 3 N–H and O–H groups in total. The van der Waals surface area contributed by atoms with E-state index in [1.807, 2.05) is 13.8 Å². The summed E-state index contributed by atoms with van der Waals surface area (Å²) in [6, 6.07) is 12.2. The number of fused-ring (bicyclic) bond motifs is 3. The molecule has 0 aliphatic carbocycles. The predicted molar refractivity (Wildman–Crippen MR) is 114 cm³/mol. The van der Waals surface area contributed by atoms with Crippen LogP contribution in [0.4, 0.5) is 5.69 Å². The number of rotatable bonds is 3. The van der Waals surface area contributed by atoms with E-state index in [0.717, 1.165) is 0 Å². The van der Waals surface area contributed by atoms with Crippen molar-refractivity contribution in [2.45, 2.75) is 38.0 Å². The lowest BCUT2D eigenvalue weighted by atomic mass is 9.86.